The molecule has 1 aliphatic rings. The highest BCUT2D eigenvalue weighted by atomic mass is 19.1. The molecule has 0 spiro atoms. The molecule has 8 heteroatoms. The molecule has 0 unspecified atom stereocenters. The number of carbonyl (C=O) groups is 1. The summed E-state index contributed by atoms with van der Waals surface area (Å²) >= 11 is 0. The first-order valence-corrected chi connectivity index (χ1v) is 6.71. The van der Waals surface area contributed by atoms with Gasteiger partial charge in [0.1, 0.15) is 18.2 Å². The van der Waals surface area contributed by atoms with Crippen LogP contribution >= 0.6 is 0 Å². The van der Waals surface area contributed by atoms with Gasteiger partial charge in [0.15, 0.2) is 29.4 Å². The number of hydrogen-bond acceptors (Lipinski definition) is 4. The highest BCUT2D eigenvalue weighted by Crippen LogP contribution is 2.29. The Kier molecular flexibility index (Phi) is 5.39. The van der Waals surface area contributed by atoms with Crippen molar-refractivity contribution in [2.24, 2.45) is 0 Å². The van der Waals surface area contributed by atoms with E-state index in [1.807, 2.05) is 6.07 Å². The Bertz CT molecular complexity index is 904. The smallest absolute Gasteiger partial charge is 0.168 e. The largest absolute Gasteiger partial charge is 0.504 e. The van der Waals surface area contributed by atoms with Gasteiger partial charge in [-0.3, -0.25) is 4.79 Å². The highest BCUT2D eigenvalue weighted by Gasteiger charge is 2.16. The second-order valence-electron chi connectivity index (χ2n) is 4.82. The summed E-state index contributed by atoms with van der Waals surface area (Å²) in [5, 5.41) is 17.3. The Morgan fingerprint density at radius 3 is 2.36 bits per heavy atom. The van der Waals surface area contributed by atoms with Crippen LogP contribution in [0.3, 0.4) is 0 Å². The van der Waals surface area contributed by atoms with Crippen molar-refractivity contribution in [1.82, 2.24) is 0 Å². The number of carbonyl (C=O) groups excluding carboxylic acids is 1. The molecule has 128 valence electrons. The lowest BCUT2D eigenvalue weighted by atomic mass is 10.1. The standard InChI is InChI=1S/C10H5F2NO.C7H4F2O2/c11-8-2-7-1-6(4-13)5-14-10(7)9(12)3-8;8-5-1-4(3-10)7(11)6(9)2-5/h1-3H,5H2;1-3,11H. The van der Waals surface area contributed by atoms with Crippen LogP contribution in [0.15, 0.2) is 29.8 Å². The number of nitriles is 1. The molecule has 0 saturated carbocycles. The van der Waals surface area contributed by atoms with Crippen molar-refractivity contribution < 1.29 is 32.2 Å². The molecule has 0 amide bonds. The third kappa shape index (κ3) is 4.14. The van der Waals surface area contributed by atoms with Gasteiger partial charge in [-0.25, -0.2) is 17.6 Å². The first kappa shape index (κ1) is 18.0. The molecule has 1 aliphatic heterocycles. The van der Waals surface area contributed by atoms with Crippen LogP contribution in [-0.4, -0.2) is 18.0 Å². The molecule has 0 saturated heterocycles. The zero-order valence-electron chi connectivity index (χ0n) is 12.4. The third-order valence-electron chi connectivity index (χ3n) is 3.07. The predicted molar refractivity (Wildman–Crippen MR) is 78.9 cm³/mol. The quantitative estimate of drug-likeness (QED) is 0.628. The molecule has 0 aromatic heterocycles. The van der Waals surface area contributed by atoms with E-state index in [0.29, 0.717) is 11.6 Å². The van der Waals surface area contributed by atoms with Gasteiger partial charge in [-0.2, -0.15) is 5.26 Å². The van der Waals surface area contributed by atoms with Gasteiger partial charge in [0.05, 0.1) is 17.2 Å². The van der Waals surface area contributed by atoms with Crippen molar-refractivity contribution in [3.8, 4) is 17.6 Å². The molecule has 0 aliphatic carbocycles. The molecule has 0 radical (unpaired) electrons. The Balaban J connectivity index is 0.000000186. The lowest BCUT2D eigenvalue weighted by Crippen LogP contribution is -2.08. The second kappa shape index (κ2) is 7.49. The van der Waals surface area contributed by atoms with Crippen LogP contribution in [-0.2, 0) is 0 Å². The van der Waals surface area contributed by atoms with Crippen LogP contribution in [0.1, 0.15) is 15.9 Å². The minimum absolute atomic E-state index is 0.00500. The van der Waals surface area contributed by atoms with Gasteiger partial charge in [-0.15, -0.1) is 0 Å². The van der Waals surface area contributed by atoms with Gasteiger partial charge in [0.25, 0.3) is 0 Å². The number of halogens is 4. The fraction of sp³-hybridized carbons (Fsp3) is 0.0588. The van der Waals surface area contributed by atoms with Crippen LogP contribution in [0.25, 0.3) is 6.08 Å². The number of phenolic OH excluding ortho intramolecular Hbond substituents is 1. The summed E-state index contributed by atoms with van der Waals surface area (Å²) in [5.74, 6) is -4.25. The minimum atomic E-state index is -1.13. The normalized spacial score (nSPS) is 11.9. The monoisotopic (exact) mass is 351 g/mol. The van der Waals surface area contributed by atoms with Crippen molar-refractivity contribution in [2.75, 3.05) is 6.61 Å². The van der Waals surface area contributed by atoms with Crippen LogP contribution in [0.4, 0.5) is 17.6 Å². The maximum Gasteiger partial charge on any atom is 0.168 e. The van der Waals surface area contributed by atoms with Gasteiger partial charge in [0.2, 0.25) is 0 Å². The van der Waals surface area contributed by atoms with Crippen LogP contribution in [0, 0.1) is 34.6 Å². The Labute approximate surface area is 139 Å². The van der Waals surface area contributed by atoms with Crippen molar-refractivity contribution in [1.29, 1.82) is 5.26 Å². The third-order valence-corrected chi connectivity index (χ3v) is 3.07. The molecule has 1 N–H and O–H groups in total. The molecule has 1 heterocycles. The van der Waals surface area contributed by atoms with E-state index in [9.17, 15) is 22.4 Å². The molecular weight excluding hydrogens is 342 g/mol. The number of rotatable bonds is 1. The van der Waals surface area contributed by atoms with E-state index in [-0.39, 0.29) is 29.8 Å². The first-order chi connectivity index (χ1) is 11.8. The maximum absolute atomic E-state index is 13.1. The predicted octanol–water partition coefficient (Wildman–Crippen LogP) is 3.75. The number of hydrogen-bond donors (Lipinski definition) is 1. The van der Waals surface area contributed by atoms with E-state index >= 15 is 0 Å². The van der Waals surface area contributed by atoms with Crippen molar-refractivity contribution in [3.63, 3.8) is 0 Å². The summed E-state index contributed by atoms with van der Waals surface area (Å²) in [5.41, 5.74) is 0.232. The average molecular weight is 351 g/mol. The van der Waals surface area contributed by atoms with Gasteiger partial charge in [-0.1, -0.05) is 0 Å². The average Bonchev–Trinajstić information content (AvgIpc) is 2.57. The summed E-state index contributed by atoms with van der Waals surface area (Å²) in [6.07, 6.45) is 1.60. The van der Waals surface area contributed by atoms with Crippen molar-refractivity contribution in [2.45, 2.75) is 0 Å². The molecule has 0 fully saturated rings. The van der Waals surface area contributed by atoms with Crippen molar-refractivity contribution >= 4 is 12.4 Å². The van der Waals surface area contributed by atoms with E-state index in [2.05, 4.69) is 0 Å². The maximum atomic E-state index is 13.1. The number of nitrogens with zero attached hydrogens (tertiary/aromatic N) is 1. The highest BCUT2D eigenvalue weighted by molar-refractivity contribution is 5.79. The van der Waals surface area contributed by atoms with E-state index < -0.39 is 29.0 Å². The number of aldehydes is 1. The SMILES string of the molecule is N#CC1=Cc2cc(F)cc(F)c2OC1.O=Cc1cc(F)cc(F)c1O. The summed E-state index contributed by atoms with van der Waals surface area (Å²) < 4.78 is 55.5. The summed E-state index contributed by atoms with van der Waals surface area (Å²) in [6.45, 7) is 0.0338. The number of benzene rings is 2. The minimum Gasteiger partial charge on any atom is -0.504 e. The molecular formula is C17H9F4NO3. The summed E-state index contributed by atoms with van der Waals surface area (Å²) in [7, 11) is 0. The fourth-order valence-electron chi connectivity index (χ4n) is 1.96. The molecule has 2 aromatic carbocycles. The molecule has 0 bridgehead atoms. The molecule has 4 nitrogen and oxygen atoms in total. The number of aromatic hydroxyl groups is 1. The van der Waals surface area contributed by atoms with E-state index in [1.165, 1.54) is 6.08 Å². The molecule has 0 atom stereocenters. The summed E-state index contributed by atoms with van der Waals surface area (Å²) in [4.78, 5) is 10.0. The number of fused-ring (bicyclic) bond motifs is 1. The fourth-order valence-corrected chi connectivity index (χ4v) is 1.96. The van der Waals surface area contributed by atoms with Gasteiger partial charge >= 0.3 is 0 Å². The van der Waals surface area contributed by atoms with E-state index in [1.54, 1.807) is 0 Å². The molecule has 3 rings (SSSR count). The first-order valence-electron chi connectivity index (χ1n) is 6.71. The lowest BCUT2D eigenvalue weighted by molar-refractivity contribution is 0.111. The Hall–Kier alpha value is -3.34. The van der Waals surface area contributed by atoms with Crippen LogP contribution in [0.2, 0.25) is 0 Å². The second-order valence-corrected chi connectivity index (χ2v) is 4.82. The Morgan fingerprint density at radius 2 is 1.72 bits per heavy atom. The van der Waals surface area contributed by atoms with E-state index in [0.717, 1.165) is 18.2 Å². The summed E-state index contributed by atoms with van der Waals surface area (Å²) in [6, 6.07) is 5.02. The van der Waals surface area contributed by atoms with Gasteiger partial charge in [0, 0.05) is 17.7 Å². The zero-order valence-corrected chi connectivity index (χ0v) is 12.4. The van der Waals surface area contributed by atoms with Crippen LogP contribution in [0.5, 0.6) is 11.5 Å². The lowest BCUT2D eigenvalue weighted by Gasteiger charge is -2.14. The Morgan fingerprint density at radius 1 is 1.08 bits per heavy atom. The van der Waals surface area contributed by atoms with E-state index in [4.69, 9.17) is 15.1 Å². The number of phenols is 1. The topological polar surface area (TPSA) is 70.3 Å². The molecule has 25 heavy (non-hydrogen) atoms. The number of ether oxygens (including phenoxy) is 1. The van der Waals surface area contributed by atoms with Gasteiger partial charge in [-0.05, 0) is 18.2 Å². The van der Waals surface area contributed by atoms with Gasteiger partial charge < -0.3 is 9.84 Å². The van der Waals surface area contributed by atoms with Crippen LogP contribution < -0.4 is 4.74 Å². The zero-order chi connectivity index (χ0) is 18.6. The van der Waals surface area contributed by atoms with Crippen molar-refractivity contribution in [3.05, 3.63) is 64.2 Å². The molecule has 2 aromatic rings.